The van der Waals surface area contributed by atoms with Gasteiger partial charge in [0.05, 0.1) is 25.6 Å². The number of fused-ring (bicyclic) bond motifs is 2. The fraction of sp³-hybridized carbons (Fsp3) is 0.172. The Hall–Kier alpha value is -3.91. The van der Waals surface area contributed by atoms with Gasteiger partial charge in [-0.25, -0.2) is 0 Å². The molecule has 2 atom stereocenters. The number of benzene rings is 8. The smallest absolute Gasteiger partial charge is 0.0811 e. The summed E-state index contributed by atoms with van der Waals surface area (Å²) in [5.74, 6) is 0. The Morgan fingerprint density at radius 3 is 0.955 bits per heavy atom. The van der Waals surface area contributed by atoms with E-state index in [4.69, 9.17) is 30.8 Å². The van der Waals surface area contributed by atoms with Crippen molar-refractivity contribution in [3.05, 3.63) is 240 Å². The third-order valence-corrected chi connectivity index (χ3v) is 20.0. The van der Waals surface area contributed by atoms with Crippen LogP contribution in [0.15, 0.2) is 216 Å². The van der Waals surface area contributed by atoms with Crippen molar-refractivity contribution in [2.75, 3.05) is 0 Å². The van der Waals surface area contributed by atoms with Gasteiger partial charge >= 0.3 is 34.5 Å². The largest absolute Gasteiger partial charge is 0.116 e. The zero-order valence-electron chi connectivity index (χ0n) is 37.1. The van der Waals surface area contributed by atoms with E-state index < -0.39 is 15.8 Å². The van der Waals surface area contributed by atoms with Gasteiger partial charge in [0, 0.05) is 12.1 Å². The van der Waals surface area contributed by atoms with E-state index >= 15 is 0 Å². The molecule has 8 aromatic carbocycles. The number of nitrogens with two attached hydrogens (primary N) is 2. The van der Waals surface area contributed by atoms with Crippen molar-refractivity contribution >= 4 is 78.8 Å². The Morgan fingerprint density at radius 1 is 0.379 bits per heavy atom. The Labute approximate surface area is 415 Å². The molecular weight excluding hydrogens is 991 g/mol. The number of hydrogen-bond acceptors (Lipinski definition) is 3. The van der Waals surface area contributed by atoms with Crippen LogP contribution in [0.25, 0.3) is 0 Å². The normalized spacial score (nSPS) is 13.8. The molecule has 2 nitrogen and oxygen atoms in total. The maximum atomic E-state index is 6.15. The molecular formula is C58H58Cl2N2P2RuS+4. The summed E-state index contributed by atoms with van der Waals surface area (Å²) in [5.41, 5.74) is 20.8. The van der Waals surface area contributed by atoms with Gasteiger partial charge in [-0.3, -0.25) is 0 Å². The van der Waals surface area contributed by atoms with Gasteiger partial charge in [-0.2, -0.15) is 0 Å². The SMILES string of the molecule is NC(c1ccccc1)C(N)c1ccccc1.[Cl][Ru+2][Cl].c1ccc([PH+](c2ccccc2)c2ccc3c(c2Sc2c([PH+](c4ccccc4)c4ccccc4)ccc4c2CCCC4)CCCC3)cc1. The third-order valence-electron chi connectivity index (χ3n) is 12.7. The summed E-state index contributed by atoms with van der Waals surface area (Å²) in [6.45, 7) is 0. The van der Waals surface area contributed by atoms with Crippen LogP contribution in [0, 0.1) is 0 Å². The summed E-state index contributed by atoms with van der Waals surface area (Å²) >= 11 is 1.81. The number of hydrogen-bond donors (Lipinski definition) is 2. The number of aryl methyl sites for hydroxylation is 2. The zero-order chi connectivity index (χ0) is 45.5. The quantitative estimate of drug-likeness (QED) is 0.100. The number of halogens is 2. The van der Waals surface area contributed by atoms with Gasteiger partial charge in [0.15, 0.2) is 0 Å². The predicted octanol–water partition coefficient (Wildman–Crippen LogP) is 12.3. The van der Waals surface area contributed by atoms with Crippen molar-refractivity contribution in [3.8, 4) is 0 Å². The Morgan fingerprint density at radius 2 is 0.652 bits per heavy atom. The van der Waals surface area contributed by atoms with Gasteiger partial charge in [-0.05, 0) is 145 Å². The van der Waals surface area contributed by atoms with E-state index in [-0.39, 0.29) is 27.2 Å². The molecule has 10 rings (SSSR count). The van der Waals surface area contributed by atoms with E-state index in [0.717, 1.165) is 11.1 Å². The third kappa shape index (κ3) is 12.0. The first kappa shape index (κ1) is 48.5. The molecule has 334 valence electrons. The van der Waals surface area contributed by atoms with Crippen LogP contribution in [0.4, 0.5) is 0 Å². The molecule has 8 aromatic rings. The summed E-state index contributed by atoms with van der Waals surface area (Å²) in [6, 6.07) is 75.1. The molecule has 2 aliphatic carbocycles. The van der Waals surface area contributed by atoms with E-state index in [1.165, 1.54) is 72.6 Å². The number of rotatable bonds is 11. The van der Waals surface area contributed by atoms with Crippen LogP contribution in [-0.4, -0.2) is 0 Å². The van der Waals surface area contributed by atoms with Crippen molar-refractivity contribution in [1.29, 1.82) is 0 Å². The second-order valence-electron chi connectivity index (χ2n) is 16.8. The van der Waals surface area contributed by atoms with Crippen molar-refractivity contribution in [1.82, 2.24) is 0 Å². The van der Waals surface area contributed by atoms with Crippen molar-refractivity contribution in [2.45, 2.75) is 73.2 Å². The topological polar surface area (TPSA) is 52.0 Å². The minimum Gasteiger partial charge on any atom is -0.0811 e. The molecule has 0 amide bonds. The first-order valence-corrected chi connectivity index (χ1v) is 31.2. The Bertz CT molecular complexity index is 2450. The fourth-order valence-corrected chi connectivity index (χ4v) is 16.9. The molecule has 0 radical (unpaired) electrons. The Balaban J connectivity index is 0.000000261. The van der Waals surface area contributed by atoms with Crippen LogP contribution in [0.2, 0.25) is 0 Å². The predicted molar refractivity (Wildman–Crippen MR) is 289 cm³/mol. The first-order chi connectivity index (χ1) is 32.6. The maximum absolute atomic E-state index is 6.15. The van der Waals surface area contributed by atoms with Crippen LogP contribution in [-0.2, 0) is 40.8 Å². The molecule has 2 aliphatic rings. The molecule has 8 heteroatoms. The molecule has 0 spiro atoms. The molecule has 0 saturated carbocycles. The fourth-order valence-electron chi connectivity index (χ4n) is 9.46. The van der Waals surface area contributed by atoms with Gasteiger partial charge in [0.2, 0.25) is 0 Å². The zero-order valence-corrected chi connectivity index (χ0v) is 43.2. The molecule has 0 fully saturated rings. The van der Waals surface area contributed by atoms with Crippen LogP contribution >= 0.6 is 47.0 Å². The molecule has 4 N–H and O–H groups in total. The average molecular weight is 1050 g/mol. The van der Waals surface area contributed by atoms with E-state index in [0.29, 0.717) is 0 Å². The monoisotopic (exact) mass is 1050 g/mol. The maximum Gasteiger partial charge on any atom is 0.116 e. The standard InChI is InChI=1S/C44H40P2S.C14H16N2.2ClH.Ru/c1-5-19-35(20-6-1)45(36-21-7-2-8-22-36)41-31-29-33-17-13-15-27-39(33)43(41)47-44-40-28-16-14-18-34(40)30-32-42(44)46(37-23-9-3-10-24-37)38-25-11-4-12-26-38;15-13(11-7-3-1-4-8-11)14(16)12-9-5-2-6-10-12;;;/h1-12,19-26,29-32H,13-18,27-28H2;1-10,13-14H,15-16H2;2*1H;/q;;;;+4. The van der Waals surface area contributed by atoms with Gasteiger partial charge in [-0.1, -0.05) is 157 Å². The Kier molecular flexibility index (Phi) is 18.3. The van der Waals surface area contributed by atoms with Crippen LogP contribution < -0.4 is 43.3 Å². The van der Waals surface area contributed by atoms with Gasteiger partial charge in [-0.15, -0.1) is 0 Å². The van der Waals surface area contributed by atoms with E-state index in [9.17, 15) is 0 Å². The van der Waals surface area contributed by atoms with E-state index in [1.807, 2.05) is 60.7 Å². The van der Waals surface area contributed by atoms with Crippen LogP contribution in [0.3, 0.4) is 0 Å². The van der Waals surface area contributed by atoms with Crippen LogP contribution in [0.1, 0.15) is 71.1 Å². The van der Waals surface area contributed by atoms with Crippen molar-refractivity contribution in [2.24, 2.45) is 11.5 Å². The van der Waals surface area contributed by atoms with E-state index in [2.05, 4.69) is 157 Å². The van der Waals surface area contributed by atoms with Gasteiger partial charge in [0.25, 0.3) is 0 Å². The molecule has 0 saturated heterocycles. The molecule has 0 bridgehead atoms. The first-order valence-electron chi connectivity index (χ1n) is 23.0. The molecule has 0 aliphatic heterocycles. The summed E-state index contributed by atoms with van der Waals surface area (Å²) in [4.78, 5) is 3.12. The second kappa shape index (κ2) is 24.9. The molecule has 66 heavy (non-hydrogen) atoms. The summed E-state index contributed by atoms with van der Waals surface area (Å²) in [6.07, 6.45) is 9.93. The van der Waals surface area contributed by atoms with E-state index in [1.54, 1.807) is 42.7 Å². The summed E-state index contributed by atoms with van der Waals surface area (Å²) in [5, 5.41) is 8.99. The minimum absolute atomic E-state index is 0.163. The second-order valence-corrected chi connectivity index (χ2v) is 25.4. The summed E-state index contributed by atoms with van der Waals surface area (Å²) in [7, 11) is 7.25. The minimum atomic E-state index is -1.23. The molecule has 0 aromatic heterocycles. The summed E-state index contributed by atoms with van der Waals surface area (Å²) < 4.78 is 0. The van der Waals surface area contributed by atoms with Crippen molar-refractivity contribution in [3.63, 3.8) is 0 Å². The van der Waals surface area contributed by atoms with Gasteiger partial charge in [0.1, 0.15) is 31.8 Å². The van der Waals surface area contributed by atoms with Gasteiger partial charge < -0.3 is 11.5 Å². The van der Waals surface area contributed by atoms with Crippen molar-refractivity contribution < 1.29 is 15.1 Å². The molecule has 0 heterocycles. The molecule has 2 unspecified atom stereocenters. The average Bonchev–Trinajstić information content (AvgIpc) is 3.39. The van der Waals surface area contributed by atoms with Crippen LogP contribution in [0.5, 0.6) is 0 Å².